The fourth-order valence-electron chi connectivity index (χ4n) is 1.62. The third-order valence-electron chi connectivity index (χ3n) is 2.61. The van der Waals surface area contributed by atoms with Crippen LogP contribution in [-0.2, 0) is 0 Å². The van der Waals surface area contributed by atoms with E-state index >= 15 is 0 Å². The maximum atomic E-state index is 11.0. The minimum Gasteiger partial charge on any atom is -0.497 e. The van der Waals surface area contributed by atoms with Crippen LogP contribution in [0, 0.1) is 11.3 Å². The highest BCUT2D eigenvalue weighted by Crippen LogP contribution is 2.27. The number of pyridine rings is 1. The third-order valence-corrected chi connectivity index (χ3v) is 2.61. The van der Waals surface area contributed by atoms with E-state index < -0.39 is 5.97 Å². The molecule has 0 aliphatic heterocycles. The molecule has 0 saturated carbocycles. The van der Waals surface area contributed by atoms with E-state index in [1.807, 2.05) is 6.07 Å². The summed E-state index contributed by atoms with van der Waals surface area (Å²) in [5, 5.41) is 17.9. The van der Waals surface area contributed by atoms with Gasteiger partial charge < -0.3 is 20.3 Å². The van der Waals surface area contributed by atoms with Crippen LogP contribution in [0.25, 0.3) is 0 Å². The van der Waals surface area contributed by atoms with Crippen LogP contribution in [0.5, 0.6) is 17.4 Å². The number of carbonyl (C=O) groups is 1. The van der Waals surface area contributed by atoms with Gasteiger partial charge in [-0.3, -0.25) is 0 Å². The molecule has 1 aromatic carbocycles. The Hall–Kier alpha value is -3.27. The largest absolute Gasteiger partial charge is 0.497 e. The van der Waals surface area contributed by atoms with Gasteiger partial charge in [-0.15, -0.1) is 0 Å². The van der Waals surface area contributed by atoms with Crippen molar-refractivity contribution in [1.82, 2.24) is 4.98 Å². The van der Waals surface area contributed by atoms with Gasteiger partial charge >= 0.3 is 5.97 Å². The average molecular weight is 285 g/mol. The summed E-state index contributed by atoms with van der Waals surface area (Å²) in [5.74, 6) is -0.376. The standard InChI is InChI=1S/C14H11N3O4/c1-20-9-2-8(6-15)3-10(4-9)21-13-5-11(14(18)19)12(16)7-17-13/h2-5,7H,16H2,1H3,(H,18,19). The molecule has 0 aliphatic carbocycles. The summed E-state index contributed by atoms with van der Waals surface area (Å²) >= 11 is 0. The minimum absolute atomic E-state index is 0.0400. The van der Waals surface area contributed by atoms with Crippen molar-refractivity contribution >= 4 is 11.7 Å². The van der Waals surface area contributed by atoms with E-state index in [1.54, 1.807) is 12.1 Å². The van der Waals surface area contributed by atoms with E-state index in [9.17, 15) is 4.79 Å². The van der Waals surface area contributed by atoms with Crippen molar-refractivity contribution in [2.24, 2.45) is 0 Å². The first-order chi connectivity index (χ1) is 10.0. The van der Waals surface area contributed by atoms with Crippen molar-refractivity contribution in [3.05, 3.63) is 41.6 Å². The van der Waals surface area contributed by atoms with E-state index in [2.05, 4.69) is 4.98 Å². The molecule has 3 N–H and O–H groups in total. The summed E-state index contributed by atoms with van der Waals surface area (Å²) in [6.45, 7) is 0. The first kappa shape index (κ1) is 14.1. The number of carboxylic acid groups (broad SMARTS) is 1. The van der Waals surface area contributed by atoms with Gasteiger partial charge in [0, 0.05) is 12.1 Å². The van der Waals surface area contributed by atoms with Crippen LogP contribution in [0.4, 0.5) is 5.69 Å². The van der Waals surface area contributed by atoms with Gasteiger partial charge in [-0.2, -0.15) is 5.26 Å². The smallest absolute Gasteiger partial charge is 0.338 e. The quantitative estimate of drug-likeness (QED) is 0.882. The van der Waals surface area contributed by atoms with Crippen molar-refractivity contribution in [2.75, 3.05) is 12.8 Å². The lowest BCUT2D eigenvalue weighted by atomic mass is 10.2. The normalized spacial score (nSPS) is 9.71. The number of methoxy groups -OCH3 is 1. The molecule has 0 radical (unpaired) electrons. The summed E-state index contributed by atoms with van der Waals surface area (Å²) < 4.78 is 10.5. The van der Waals surface area contributed by atoms with Crippen LogP contribution in [0.15, 0.2) is 30.5 Å². The molecular weight excluding hydrogens is 274 g/mol. The summed E-state index contributed by atoms with van der Waals surface area (Å²) in [6, 6.07) is 7.77. The van der Waals surface area contributed by atoms with Crippen LogP contribution in [-0.4, -0.2) is 23.2 Å². The Balaban J connectivity index is 2.36. The highest BCUT2D eigenvalue weighted by molar-refractivity contribution is 5.93. The fraction of sp³-hybridized carbons (Fsp3) is 0.0714. The molecule has 0 bridgehead atoms. The monoisotopic (exact) mass is 285 g/mol. The molecule has 0 amide bonds. The van der Waals surface area contributed by atoms with Crippen molar-refractivity contribution in [1.29, 1.82) is 5.26 Å². The molecule has 2 rings (SSSR count). The molecule has 7 nitrogen and oxygen atoms in total. The topological polar surface area (TPSA) is 118 Å². The Morgan fingerprint density at radius 2 is 2.05 bits per heavy atom. The van der Waals surface area contributed by atoms with Gasteiger partial charge in [-0.05, 0) is 12.1 Å². The number of rotatable bonds is 4. The molecular formula is C14H11N3O4. The van der Waals surface area contributed by atoms with Crippen LogP contribution >= 0.6 is 0 Å². The van der Waals surface area contributed by atoms with Gasteiger partial charge in [0.25, 0.3) is 0 Å². The number of nitriles is 1. The van der Waals surface area contributed by atoms with Gasteiger partial charge in [-0.1, -0.05) is 0 Å². The second-order valence-electron chi connectivity index (χ2n) is 4.03. The average Bonchev–Trinajstić information content (AvgIpc) is 2.48. The van der Waals surface area contributed by atoms with Crippen molar-refractivity contribution < 1.29 is 19.4 Å². The molecule has 1 aromatic heterocycles. The summed E-state index contributed by atoms with van der Waals surface area (Å²) in [7, 11) is 1.46. The highest BCUT2D eigenvalue weighted by atomic mass is 16.5. The summed E-state index contributed by atoms with van der Waals surface area (Å²) in [5.41, 5.74) is 5.79. The third kappa shape index (κ3) is 3.19. The number of nitrogens with two attached hydrogens (primary N) is 1. The molecule has 106 valence electrons. The zero-order chi connectivity index (χ0) is 15.4. The minimum atomic E-state index is -1.18. The summed E-state index contributed by atoms with van der Waals surface area (Å²) in [6.07, 6.45) is 1.20. The molecule has 7 heteroatoms. The molecule has 0 fully saturated rings. The molecule has 0 aliphatic rings. The van der Waals surface area contributed by atoms with E-state index in [4.69, 9.17) is 25.6 Å². The number of nitrogens with zero attached hydrogens (tertiary/aromatic N) is 2. The van der Waals surface area contributed by atoms with Gasteiger partial charge in [0.15, 0.2) is 0 Å². The Morgan fingerprint density at radius 1 is 1.33 bits per heavy atom. The van der Waals surface area contributed by atoms with Crippen molar-refractivity contribution in [3.63, 3.8) is 0 Å². The van der Waals surface area contributed by atoms with E-state index in [0.717, 1.165) is 0 Å². The van der Waals surface area contributed by atoms with Crippen molar-refractivity contribution in [2.45, 2.75) is 0 Å². The van der Waals surface area contributed by atoms with Crippen molar-refractivity contribution in [3.8, 4) is 23.4 Å². The number of anilines is 1. The SMILES string of the molecule is COc1cc(C#N)cc(Oc2cc(C(=O)O)c(N)cn2)c1. The van der Waals surface area contributed by atoms with E-state index in [0.29, 0.717) is 17.1 Å². The number of aromatic carboxylic acids is 1. The lowest BCUT2D eigenvalue weighted by molar-refractivity contribution is 0.0697. The molecule has 0 unspecified atom stereocenters. The van der Waals surface area contributed by atoms with Crippen LogP contribution in [0.3, 0.4) is 0 Å². The molecule has 2 aromatic rings. The predicted molar refractivity (Wildman–Crippen MR) is 73.4 cm³/mol. The first-order valence-electron chi connectivity index (χ1n) is 5.79. The highest BCUT2D eigenvalue weighted by Gasteiger charge is 2.11. The number of hydrogen-bond acceptors (Lipinski definition) is 6. The van der Waals surface area contributed by atoms with Crippen LogP contribution < -0.4 is 15.2 Å². The zero-order valence-corrected chi connectivity index (χ0v) is 11.0. The molecule has 0 saturated heterocycles. The van der Waals surface area contributed by atoms with Crippen LogP contribution in [0.1, 0.15) is 15.9 Å². The number of carboxylic acids is 1. The maximum absolute atomic E-state index is 11.0. The molecule has 0 spiro atoms. The Labute approximate surface area is 120 Å². The van der Waals surface area contributed by atoms with Gasteiger partial charge in [0.1, 0.15) is 11.5 Å². The zero-order valence-electron chi connectivity index (χ0n) is 11.0. The first-order valence-corrected chi connectivity index (χ1v) is 5.79. The number of hydrogen-bond donors (Lipinski definition) is 2. The Morgan fingerprint density at radius 3 is 2.67 bits per heavy atom. The lowest BCUT2D eigenvalue weighted by Gasteiger charge is -2.08. The second kappa shape index (κ2) is 5.79. The molecule has 0 atom stereocenters. The van der Waals surface area contributed by atoms with Crippen LogP contribution in [0.2, 0.25) is 0 Å². The Bertz CT molecular complexity index is 737. The number of nitrogen functional groups attached to an aromatic ring is 1. The summed E-state index contributed by atoms with van der Waals surface area (Å²) in [4.78, 5) is 14.9. The molecule has 1 heterocycles. The van der Waals surface area contributed by atoms with Gasteiger partial charge in [-0.25, -0.2) is 9.78 Å². The number of aromatic nitrogens is 1. The number of benzene rings is 1. The lowest BCUT2D eigenvalue weighted by Crippen LogP contribution is -2.03. The maximum Gasteiger partial charge on any atom is 0.338 e. The van der Waals surface area contributed by atoms with E-state index in [-0.39, 0.29) is 17.1 Å². The molecule has 21 heavy (non-hydrogen) atoms. The Kier molecular flexibility index (Phi) is 3.90. The fourth-order valence-corrected chi connectivity index (χ4v) is 1.62. The second-order valence-corrected chi connectivity index (χ2v) is 4.03. The van der Waals surface area contributed by atoms with Gasteiger partial charge in [0.2, 0.25) is 5.88 Å². The predicted octanol–water partition coefficient (Wildman–Crippen LogP) is 2.03. The number of ether oxygens (including phenoxy) is 2. The van der Waals surface area contributed by atoms with Gasteiger partial charge in [0.05, 0.1) is 36.2 Å². The van der Waals surface area contributed by atoms with E-state index in [1.165, 1.54) is 25.4 Å².